The maximum absolute atomic E-state index is 16.6. The second-order valence-corrected chi connectivity index (χ2v) is 14.4. The number of ether oxygens (including phenoxy) is 1. The van der Waals surface area contributed by atoms with Crippen LogP contribution >= 0.6 is 11.6 Å². The van der Waals surface area contributed by atoms with Gasteiger partial charge in [0.1, 0.15) is 17.0 Å². The van der Waals surface area contributed by atoms with Gasteiger partial charge in [-0.15, -0.1) is 0 Å². The Balaban J connectivity index is 1.21. The number of halogens is 2. The van der Waals surface area contributed by atoms with Gasteiger partial charge in [-0.3, -0.25) is 9.78 Å². The normalized spacial score (nSPS) is 17.9. The van der Waals surface area contributed by atoms with Crippen LogP contribution in [-0.2, 0) is 14.8 Å². The fraction of sp³-hybridized carbons (Fsp3) is 0.273. The van der Waals surface area contributed by atoms with E-state index in [0.29, 0.717) is 46.0 Å². The molecule has 14 heteroatoms. The number of pyridine rings is 1. The Morgan fingerprint density at radius 1 is 1.06 bits per heavy atom. The Bertz CT molecular complexity index is 2120. The van der Waals surface area contributed by atoms with Crippen molar-refractivity contribution in [3.63, 3.8) is 0 Å². The molecular weight excluding hydrogens is 645 g/mol. The van der Waals surface area contributed by atoms with Crippen molar-refractivity contribution >= 4 is 60.7 Å². The summed E-state index contributed by atoms with van der Waals surface area (Å²) < 4.78 is 48.1. The summed E-state index contributed by atoms with van der Waals surface area (Å²) in [6, 6.07) is 17.2. The van der Waals surface area contributed by atoms with Crippen molar-refractivity contribution in [1.29, 1.82) is 0 Å². The summed E-state index contributed by atoms with van der Waals surface area (Å²) in [5.74, 6) is -0.700. The lowest BCUT2D eigenvalue weighted by Gasteiger charge is -2.34. The summed E-state index contributed by atoms with van der Waals surface area (Å²) in [5, 5.41) is 8.70. The number of rotatable bonds is 8. The topological polar surface area (TPSA) is 130 Å². The van der Waals surface area contributed by atoms with Crippen LogP contribution in [0.2, 0.25) is 5.02 Å². The highest BCUT2D eigenvalue weighted by atomic mass is 35.5. The fourth-order valence-electron chi connectivity index (χ4n) is 6.23. The summed E-state index contributed by atoms with van der Waals surface area (Å²) in [6.07, 6.45) is 3.65. The van der Waals surface area contributed by atoms with Gasteiger partial charge in [-0.2, -0.15) is 9.97 Å². The highest BCUT2D eigenvalue weighted by Crippen LogP contribution is 2.38. The number of nitrogens with zero attached hydrogens (tertiary/aromatic N) is 5. The lowest BCUT2D eigenvalue weighted by molar-refractivity contribution is -0.118. The van der Waals surface area contributed by atoms with E-state index in [9.17, 15) is 13.2 Å². The quantitative estimate of drug-likeness (QED) is 0.237. The second kappa shape index (κ2) is 12.3. The smallest absolute Gasteiger partial charge is 0.319 e. The number of carbonyl (C=O) groups excluding carboxylic acids is 1. The molecule has 2 N–H and O–H groups in total. The molecule has 3 aromatic carbocycles. The Labute approximate surface area is 275 Å². The first-order valence-corrected chi connectivity index (χ1v) is 16.9. The maximum Gasteiger partial charge on any atom is 0.319 e. The average molecular weight is 676 g/mol. The van der Waals surface area contributed by atoms with Gasteiger partial charge >= 0.3 is 6.01 Å². The monoisotopic (exact) mass is 675 g/mol. The molecule has 11 nitrogen and oxygen atoms in total. The molecule has 47 heavy (non-hydrogen) atoms. The molecule has 0 aliphatic carbocycles. The molecule has 0 radical (unpaired) electrons. The summed E-state index contributed by atoms with van der Waals surface area (Å²) in [5.41, 5.74) is 1.01. The van der Waals surface area contributed by atoms with Crippen LogP contribution in [0.1, 0.15) is 12.8 Å². The molecule has 2 aromatic heterocycles. The second-order valence-electron chi connectivity index (χ2n) is 11.8. The minimum atomic E-state index is -3.61. The van der Waals surface area contributed by atoms with E-state index in [1.165, 1.54) is 38.4 Å². The standard InChI is InChI=1S/C33H31ClFN7O4S/c1-41(2)47(44,45)23-13-11-20(12-14-23)38-27(43)18-46-33-39-31-25(32(40-33)42-16-21-9-10-22(17-42)37-21)15-36-30(29(31)35)24-7-3-5-19-6-4-8-26(34)28(19)24/h3-8,11-15,21-22,37H,9-10,16-18H2,1-2H3,(H,38,43)/t21-,22+. The fourth-order valence-corrected chi connectivity index (χ4v) is 7.41. The summed E-state index contributed by atoms with van der Waals surface area (Å²) in [6.45, 7) is 0.878. The molecule has 0 unspecified atom stereocenters. The van der Waals surface area contributed by atoms with E-state index >= 15 is 4.39 Å². The molecule has 2 atom stereocenters. The van der Waals surface area contributed by atoms with Crippen molar-refractivity contribution in [2.75, 3.05) is 44.0 Å². The molecule has 2 saturated heterocycles. The highest BCUT2D eigenvalue weighted by Gasteiger charge is 2.34. The highest BCUT2D eigenvalue weighted by molar-refractivity contribution is 7.89. The van der Waals surface area contributed by atoms with Crippen LogP contribution < -0.4 is 20.3 Å². The zero-order valence-electron chi connectivity index (χ0n) is 25.6. The SMILES string of the molecule is CN(C)S(=O)(=O)c1ccc(NC(=O)COc2nc(N3C[C@H]4CC[C@@H](C3)N4)c3cnc(-c4cccc5cccc(Cl)c45)c(F)c3n2)cc1. The number of benzene rings is 3. The molecule has 0 spiro atoms. The number of aromatic nitrogens is 3. The van der Waals surface area contributed by atoms with Gasteiger partial charge in [0.05, 0.1) is 10.3 Å². The van der Waals surface area contributed by atoms with Gasteiger partial charge in [0, 0.05) is 67.1 Å². The number of sulfonamides is 1. The minimum absolute atomic E-state index is 0.0167. The van der Waals surface area contributed by atoms with Crippen molar-refractivity contribution in [2.24, 2.45) is 0 Å². The molecule has 2 aliphatic heterocycles. The first-order chi connectivity index (χ1) is 22.6. The number of anilines is 2. The van der Waals surface area contributed by atoms with Crippen molar-refractivity contribution < 1.29 is 22.3 Å². The van der Waals surface area contributed by atoms with Crippen LogP contribution in [0, 0.1) is 5.82 Å². The zero-order valence-corrected chi connectivity index (χ0v) is 27.1. The Morgan fingerprint density at radius 2 is 1.77 bits per heavy atom. The number of piperazine rings is 1. The van der Waals surface area contributed by atoms with Gasteiger partial charge < -0.3 is 20.3 Å². The van der Waals surface area contributed by atoms with Gasteiger partial charge in [0.25, 0.3) is 5.91 Å². The summed E-state index contributed by atoms with van der Waals surface area (Å²) >= 11 is 6.56. The average Bonchev–Trinajstić information content (AvgIpc) is 3.40. The van der Waals surface area contributed by atoms with Crippen molar-refractivity contribution in [3.05, 3.63) is 77.7 Å². The van der Waals surface area contributed by atoms with Crippen LogP contribution in [-0.4, -0.2) is 79.5 Å². The van der Waals surface area contributed by atoms with Crippen LogP contribution in [0.25, 0.3) is 32.9 Å². The Kier molecular flexibility index (Phi) is 8.16. The van der Waals surface area contributed by atoms with Crippen LogP contribution in [0.4, 0.5) is 15.9 Å². The van der Waals surface area contributed by atoms with E-state index in [4.69, 9.17) is 16.3 Å². The van der Waals surface area contributed by atoms with E-state index in [0.717, 1.165) is 22.5 Å². The molecule has 0 saturated carbocycles. The van der Waals surface area contributed by atoms with Crippen LogP contribution in [0.3, 0.4) is 0 Å². The van der Waals surface area contributed by atoms with Crippen molar-refractivity contribution in [3.8, 4) is 17.3 Å². The van der Waals surface area contributed by atoms with Crippen molar-refractivity contribution in [1.82, 2.24) is 24.6 Å². The molecule has 5 aromatic rings. The summed E-state index contributed by atoms with van der Waals surface area (Å²) in [4.78, 5) is 28.7. The number of carbonyl (C=O) groups is 1. The van der Waals surface area contributed by atoms with Crippen LogP contribution in [0.15, 0.2) is 71.8 Å². The first-order valence-electron chi connectivity index (χ1n) is 15.1. The molecule has 242 valence electrons. The Hall–Kier alpha value is -4.43. The predicted octanol–water partition coefficient (Wildman–Crippen LogP) is 4.85. The van der Waals surface area contributed by atoms with Crippen molar-refractivity contribution in [2.45, 2.75) is 29.8 Å². The minimum Gasteiger partial charge on any atom is -0.453 e. The molecule has 2 fully saturated rings. The Morgan fingerprint density at radius 3 is 2.47 bits per heavy atom. The van der Waals surface area contributed by atoms with E-state index in [-0.39, 0.29) is 34.2 Å². The predicted molar refractivity (Wildman–Crippen MR) is 179 cm³/mol. The van der Waals surface area contributed by atoms with Gasteiger partial charge in [-0.05, 0) is 48.6 Å². The molecule has 2 aliphatic rings. The number of amides is 1. The van der Waals surface area contributed by atoms with Gasteiger partial charge in [-0.25, -0.2) is 17.1 Å². The van der Waals surface area contributed by atoms with Crippen LogP contribution in [0.5, 0.6) is 6.01 Å². The first kappa shape index (κ1) is 31.2. The molecular formula is C33H31ClFN7O4S. The van der Waals surface area contributed by atoms with Gasteiger partial charge in [0.15, 0.2) is 12.4 Å². The van der Waals surface area contributed by atoms with Gasteiger partial charge in [0.2, 0.25) is 10.0 Å². The molecule has 7 rings (SSSR count). The van der Waals surface area contributed by atoms with E-state index in [1.807, 2.05) is 24.3 Å². The largest absolute Gasteiger partial charge is 0.453 e. The third-order valence-electron chi connectivity index (χ3n) is 8.52. The zero-order chi connectivity index (χ0) is 32.9. The lowest BCUT2D eigenvalue weighted by atomic mass is 10.0. The number of fused-ring (bicyclic) bond motifs is 4. The van der Waals surface area contributed by atoms with E-state index < -0.39 is 28.4 Å². The summed E-state index contributed by atoms with van der Waals surface area (Å²) in [7, 11) is -0.727. The number of hydrogen-bond acceptors (Lipinski definition) is 9. The third-order valence-corrected chi connectivity index (χ3v) is 10.7. The van der Waals surface area contributed by atoms with Gasteiger partial charge in [-0.1, -0.05) is 41.9 Å². The number of hydrogen-bond donors (Lipinski definition) is 2. The lowest BCUT2D eigenvalue weighted by Crippen LogP contribution is -2.51. The maximum atomic E-state index is 16.6. The van der Waals surface area contributed by atoms with E-state index in [2.05, 4.69) is 30.5 Å². The number of nitrogens with one attached hydrogen (secondary N) is 2. The molecule has 2 bridgehead atoms. The molecule has 4 heterocycles. The molecule has 1 amide bonds. The third kappa shape index (κ3) is 5.95. The van der Waals surface area contributed by atoms with E-state index in [1.54, 1.807) is 18.3 Å².